The van der Waals surface area contributed by atoms with Gasteiger partial charge in [-0.2, -0.15) is 23.5 Å². The zero-order valence-electron chi connectivity index (χ0n) is 11.3. The van der Waals surface area contributed by atoms with E-state index in [0.717, 1.165) is 11.5 Å². The van der Waals surface area contributed by atoms with E-state index in [2.05, 4.69) is 6.07 Å². The fourth-order valence-corrected chi connectivity index (χ4v) is 3.36. The topological polar surface area (TPSA) is 80.9 Å². The molecule has 2 unspecified atom stereocenters. The second kappa shape index (κ2) is 10.5. The molecule has 0 aliphatic rings. The van der Waals surface area contributed by atoms with Gasteiger partial charge in [0.05, 0.1) is 25.4 Å². The number of aliphatic hydroxyl groups excluding tert-OH is 4. The van der Waals surface area contributed by atoms with Crippen LogP contribution in [-0.2, 0) is 11.5 Å². The van der Waals surface area contributed by atoms with Gasteiger partial charge in [0.15, 0.2) is 0 Å². The van der Waals surface area contributed by atoms with Gasteiger partial charge in [0, 0.05) is 23.0 Å². The number of aliphatic hydroxyl groups is 4. The molecule has 0 bridgehead atoms. The minimum absolute atomic E-state index is 0.198. The molecule has 0 saturated heterocycles. The van der Waals surface area contributed by atoms with E-state index in [1.54, 1.807) is 23.5 Å². The van der Waals surface area contributed by atoms with Crippen LogP contribution in [0.25, 0.3) is 0 Å². The zero-order valence-corrected chi connectivity index (χ0v) is 12.9. The molecule has 0 heterocycles. The maximum atomic E-state index is 9.26. The molecule has 6 heteroatoms. The molecule has 0 radical (unpaired) electrons. The molecule has 20 heavy (non-hydrogen) atoms. The van der Waals surface area contributed by atoms with Crippen LogP contribution >= 0.6 is 23.5 Å². The Morgan fingerprint density at radius 1 is 0.850 bits per heavy atom. The molecule has 1 aromatic carbocycles. The molecular formula is C14H22O4S2. The molecule has 1 rings (SSSR count). The first kappa shape index (κ1) is 17.8. The summed E-state index contributed by atoms with van der Waals surface area (Å²) in [5.41, 5.74) is 2.36. The first-order valence-electron chi connectivity index (χ1n) is 6.47. The third kappa shape index (κ3) is 7.52. The van der Waals surface area contributed by atoms with Gasteiger partial charge in [-0.05, 0) is 11.1 Å². The molecule has 0 aliphatic carbocycles. The second-order valence-corrected chi connectivity index (χ2v) is 6.58. The standard InChI is InChI=1S/C14H22O4S2/c15-5-13(17)9-19-7-11-2-1-3-12(4-11)8-20-10-14(18)6-16/h1-4,13-18H,5-10H2. The SMILES string of the molecule is OCC(O)CSCc1cccc(CSCC(O)CO)c1. The fraction of sp³-hybridized carbons (Fsp3) is 0.571. The first-order valence-corrected chi connectivity index (χ1v) is 8.77. The monoisotopic (exact) mass is 318 g/mol. The van der Waals surface area contributed by atoms with Gasteiger partial charge in [-0.1, -0.05) is 24.3 Å². The van der Waals surface area contributed by atoms with Gasteiger partial charge in [0.1, 0.15) is 0 Å². The summed E-state index contributed by atoms with van der Waals surface area (Å²) in [6.45, 7) is -0.395. The van der Waals surface area contributed by atoms with Gasteiger partial charge in [0.2, 0.25) is 0 Å². The summed E-state index contributed by atoms with van der Waals surface area (Å²) < 4.78 is 0. The summed E-state index contributed by atoms with van der Waals surface area (Å²) in [5.74, 6) is 2.65. The predicted molar refractivity (Wildman–Crippen MR) is 85.0 cm³/mol. The quantitative estimate of drug-likeness (QED) is 0.512. The Balaban J connectivity index is 2.33. The minimum Gasteiger partial charge on any atom is -0.394 e. The van der Waals surface area contributed by atoms with E-state index >= 15 is 0 Å². The van der Waals surface area contributed by atoms with Crippen LogP contribution in [-0.4, -0.2) is 57.4 Å². The fourth-order valence-electron chi connectivity index (χ4n) is 1.54. The van der Waals surface area contributed by atoms with Crippen molar-refractivity contribution < 1.29 is 20.4 Å². The molecule has 0 amide bonds. The van der Waals surface area contributed by atoms with E-state index in [-0.39, 0.29) is 13.2 Å². The molecule has 0 fully saturated rings. The van der Waals surface area contributed by atoms with Gasteiger partial charge >= 0.3 is 0 Å². The van der Waals surface area contributed by atoms with Crippen molar-refractivity contribution in [1.29, 1.82) is 0 Å². The zero-order chi connectivity index (χ0) is 14.8. The number of thioether (sulfide) groups is 2. The number of hydrogen-bond donors (Lipinski definition) is 4. The molecule has 4 nitrogen and oxygen atoms in total. The van der Waals surface area contributed by atoms with Crippen LogP contribution < -0.4 is 0 Å². The van der Waals surface area contributed by atoms with E-state index < -0.39 is 12.2 Å². The van der Waals surface area contributed by atoms with E-state index in [0.29, 0.717) is 11.5 Å². The Morgan fingerprint density at radius 3 is 1.70 bits per heavy atom. The Hall–Kier alpha value is -0.240. The lowest BCUT2D eigenvalue weighted by atomic mass is 10.2. The van der Waals surface area contributed by atoms with Gasteiger partial charge < -0.3 is 20.4 Å². The van der Waals surface area contributed by atoms with Crippen molar-refractivity contribution in [3.05, 3.63) is 35.4 Å². The van der Waals surface area contributed by atoms with Crippen LogP contribution in [0.5, 0.6) is 0 Å². The third-order valence-corrected chi connectivity index (χ3v) is 4.89. The molecule has 4 N–H and O–H groups in total. The molecule has 0 aliphatic heterocycles. The Kier molecular flexibility index (Phi) is 9.33. The summed E-state index contributed by atoms with van der Waals surface area (Å²) in [7, 11) is 0. The van der Waals surface area contributed by atoms with Crippen molar-refractivity contribution in [3.63, 3.8) is 0 Å². The molecular weight excluding hydrogens is 296 g/mol. The summed E-state index contributed by atoms with van der Waals surface area (Å²) in [4.78, 5) is 0. The highest BCUT2D eigenvalue weighted by atomic mass is 32.2. The van der Waals surface area contributed by atoms with Crippen LogP contribution in [0, 0.1) is 0 Å². The molecule has 114 valence electrons. The maximum Gasteiger partial charge on any atom is 0.0861 e. The lowest BCUT2D eigenvalue weighted by Crippen LogP contribution is -2.14. The molecule has 2 atom stereocenters. The summed E-state index contributed by atoms with van der Waals surface area (Å²) in [6, 6.07) is 8.18. The maximum absolute atomic E-state index is 9.26. The predicted octanol–water partition coefficient (Wildman–Crippen LogP) is 0.859. The van der Waals surface area contributed by atoms with E-state index in [1.165, 1.54) is 11.1 Å². The molecule has 0 saturated carbocycles. The normalized spacial score (nSPS) is 14.2. The molecule has 1 aromatic rings. The summed E-state index contributed by atoms with van der Waals surface area (Å²) >= 11 is 3.18. The average molecular weight is 318 g/mol. The first-order chi connectivity index (χ1) is 9.65. The van der Waals surface area contributed by atoms with Crippen molar-refractivity contribution in [3.8, 4) is 0 Å². The Bertz CT molecular complexity index is 345. The minimum atomic E-state index is -0.654. The highest BCUT2D eigenvalue weighted by Gasteiger charge is 2.04. The van der Waals surface area contributed by atoms with E-state index in [1.807, 2.05) is 18.2 Å². The highest BCUT2D eigenvalue weighted by Crippen LogP contribution is 2.18. The third-order valence-electron chi connectivity index (χ3n) is 2.57. The summed E-state index contributed by atoms with van der Waals surface area (Å²) in [5, 5.41) is 36.0. The van der Waals surface area contributed by atoms with Gasteiger partial charge in [-0.3, -0.25) is 0 Å². The van der Waals surface area contributed by atoms with Crippen LogP contribution in [0.4, 0.5) is 0 Å². The smallest absolute Gasteiger partial charge is 0.0861 e. The van der Waals surface area contributed by atoms with Crippen LogP contribution in [0.1, 0.15) is 11.1 Å². The Labute approximate surface area is 128 Å². The van der Waals surface area contributed by atoms with Crippen molar-refractivity contribution in [2.45, 2.75) is 23.7 Å². The lowest BCUT2D eigenvalue weighted by Gasteiger charge is -2.09. The van der Waals surface area contributed by atoms with Crippen molar-refractivity contribution in [2.75, 3.05) is 24.7 Å². The van der Waals surface area contributed by atoms with Gasteiger partial charge in [0.25, 0.3) is 0 Å². The largest absolute Gasteiger partial charge is 0.394 e. The van der Waals surface area contributed by atoms with Crippen molar-refractivity contribution in [1.82, 2.24) is 0 Å². The molecule has 0 spiro atoms. The van der Waals surface area contributed by atoms with Gasteiger partial charge in [-0.25, -0.2) is 0 Å². The van der Waals surface area contributed by atoms with E-state index in [9.17, 15) is 10.2 Å². The summed E-state index contributed by atoms with van der Waals surface area (Å²) in [6.07, 6.45) is -1.31. The number of benzene rings is 1. The van der Waals surface area contributed by atoms with Crippen LogP contribution in [0.2, 0.25) is 0 Å². The van der Waals surface area contributed by atoms with Crippen molar-refractivity contribution >= 4 is 23.5 Å². The second-order valence-electron chi connectivity index (χ2n) is 4.52. The number of hydrogen-bond acceptors (Lipinski definition) is 6. The van der Waals surface area contributed by atoms with Crippen LogP contribution in [0.15, 0.2) is 24.3 Å². The highest BCUT2D eigenvalue weighted by molar-refractivity contribution is 7.98. The average Bonchev–Trinajstić information content (AvgIpc) is 2.47. The Morgan fingerprint density at radius 2 is 1.30 bits per heavy atom. The van der Waals surface area contributed by atoms with Crippen LogP contribution in [0.3, 0.4) is 0 Å². The lowest BCUT2D eigenvalue weighted by molar-refractivity contribution is 0.113. The molecule has 0 aromatic heterocycles. The number of rotatable bonds is 10. The van der Waals surface area contributed by atoms with E-state index in [4.69, 9.17) is 10.2 Å². The van der Waals surface area contributed by atoms with Gasteiger partial charge in [-0.15, -0.1) is 0 Å². The van der Waals surface area contributed by atoms with Crippen molar-refractivity contribution in [2.24, 2.45) is 0 Å².